The fourth-order valence-corrected chi connectivity index (χ4v) is 6.68. The second kappa shape index (κ2) is 7.18. The van der Waals surface area contributed by atoms with Crippen molar-refractivity contribution in [2.75, 3.05) is 5.32 Å². The summed E-state index contributed by atoms with van der Waals surface area (Å²) >= 11 is 6.48. The average Bonchev–Trinajstić information content (AvgIpc) is 3.42. The standard InChI is InChI=1S/C34H20ClN3/c35-26-8-2-3-9-27(26)36-21-15-18-23-25-17-14-20-13-16-24-22-7-1-4-10-28(22)37-29-11-5-6-12-30(29)38(31(23)19-21)34(25)32(20)33(24)37/h1-19,36H. The van der Waals surface area contributed by atoms with Crippen LogP contribution < -0.4 is 5.32 Å². The molecule has 3 heterocycles. The summed E-state index contributed by atoms with van der Waals surface area (Å²) < 4.78 is 4.92. The van der Waals surface area contributed by atoms with Crippen LogP contribution in [0.3, 0.4) is 0 Å². The molecule has 9 aromatic rings. The highest BCUT2D eigenvalue weighted by atomic mass is 35.5. The van der Waals surface area contributed by atoms with Crippen LogP contribution in [0.15, 0.2) is 115 Å². The predicted octanol–water partition coefficient (Wildman–Crippen LogP) is 9.79. The zero-order chi connectivity index (χ0) is 25.0. The number of aromatic nitrogens is 2. The van der Waals surface area contributed by atoms with Gasteiger partial charge < -0.3 is 14.1 Å². The summed E-state index contributed by atoms with van der Waals surface area (Å²) in [7, 11) is 0. The van der Waals surface area contributed by atoms with Gasteiger partial charge in [-0.1, -0.05) is 84.4 Å². The van der Waals surface area contributed by atoms with Crippen LogP contribution in [0.5, 0.6) is 0 Å². The Morgan fingerprint density at radius 2 is 1.08 bits per heavy atom. The van der Waals surface area contributed by atoms with Gasteiger partial charge in [-0.2, -0.15) is 0 Å². The molecule has 38 heavy (non-hydrogen) atoms. The molecule has 0 fully saturated rings. The first-order chi connectivity index (χ1) is 18.8. The molecule has 0 aliphatic heterocycles. The number of nitrogens with zero attached hydrogens (tertiary/aromatic N) is 2. The summed E-state index contributed by atoms with van der Waals surface area (Å²) in [4.78, 5) is 0. The zero-order valence-electron chi connectivity index (χ0n) is 20.2. The quantitative estimate of drug-likeness (QED) is 0.248. The Morgan fingerprint density at radius 3 is 1.82 bits per heavy atom. The van der Waals surface area contributed by atoms with Crippen molar-refractivity contribution in [1.82, 2.24) is 8.80 Å². The number of para-hydroxylation sites is 4. The van der Waals surface area contributed by atoms with Gasteiger partial charge in [-0.3, -0.25) is 0 Å². The average molecular weight is 506 g/mol. The Hall–Kier alpha value is -4.73. The van der Waals surface area contributed by atoms with E-state index in [9.17, 15) is 0 Å². The molecular weight excluding hydrogens is 486 g/mol. The topological polar surface area (TPSA) is 20.8 Å². The molecule has 1 N–H and O–H groups in total. The van der Waals surface area contributed by atoms with Gasteiger partial charge in [-0.15, -0.1) is 0 Å². The molecule has 6 aromatic carbocycles. The van der Waals surface area contributed by atoms with Crippen molar-refractivity contribution >= 4 is 88.4 Å². The third kappa shape index (κ3) is 2.49. The molecule has 0 radical (unpaired) electrons. The van der Waals surface area contributed by atoms with Crippen LogP contribution in [-0.2, 0) is 0 Å². The fourth-order valence-electron chi connectivity index (χ4n) is 6.50. The lowest BCUT2D eigenvalue weighted by Gasteiger charge is -2.09. The molecule has 0 bridgehead atoms. The molecular formula is C34H20ClN3. The third-order valence-electron chi connectivity index (χ3n) is 8.06. The number of rotatable bonds is 2. The zero-order valence-corrected chi connectivity index (χ0v) is 21.0. The number of hydrogen-bond acceptors (Lipinski definition) is 1. The van der Waals surface area contributed by atoms with Crippen LogP contribution in [0.2, 0.25) is 5.02 Å². The summed E-state index contributed by atoms with van der Waals surface area (Å²) in [5, 5.41) is 11.9. The van der Waals surface area contributed by atoms with E-state index < -0.39 is 0 Å². The molecule has 3 aromatic heterocycles. The lowest BCUT2D eigenvalue weighted by Crippen LogP contribution is -1.92. The van der Waals surface area contributed by atoms with E-state index in [1.54, 1.807) is 0 Å². The van der Waals surface area contributed by atoms with E-state index in [1.807, 2.05) is 24.3 Å². The lowest BCUT2D eigenvalue weighted by atomic mass is 10.0. The van der Waals surface area contributed by atoms with Crippen molar-refractivity contribution in [2.24, 2.45) is 0 Å². The summed E-state index contributed by atoms with van der Waals surface area (Å²) in [6.07, 6.45) is 0. The molecule has 0 spiro atoms. The van der Waals surface area contributed by atoms with Crippen LogP contribution in [-0.4, -0.2) is 8.80 Å². The molecule has 3 nitrogen and oxygen atoms in total. The first-order valence-corrected chi connectivity index (χ1v) is 13.2. The maximum Gasteiger partial charge on any atom is 0.0703 e. The summed E-state index contributed by atoms with van der Waals surface area (Å²) in [5.74, 6) is 0. The highest BCUT2D eigenvalue weighted by Gasteiger charge is 2.21. The van der Waals surface area contributed by atoms with Crippen LogP contribution in [0.1, 0.15) is 0 Å². The number of hydrogen-bond donors (Lipinski definition) is 1. The minimum atomic E-state index is 0.705. The number of fused-ring (bicyclic) bond motifs is 9. The highest BCUT2D eigenvalue weighted by molar-refractivity contribution is 6.33. The van der Waals surface area contributed by atoms with E-state index in [0.717, 1.165) is 11.4 Å². The molecule has 0 amide bonds. The van der Waals surface area contributed by atoms with Crippen LogP contribution in [0, 0.1) is 0 Å². The van der Waals surface area contributed by atoms with Crippen molar-refractivity contribution in [3.05, 3.63) is 120 Å². The summed E-state index contributed by atoms with van der Waals surface area (Å²) in [6.45, 7) is 0. The van der Waals surface area contributed by atoms with Crippen LogP contribution >= 0.6 is 11.6 Å². The van der Waals surface area contributed by atoms with E-state index >= 15 is 0 Å². The minimum absolute atomic E-state index is 0.705. The smallest absolute Gasteiger partial charge is 0.0703 e. The Labute approximate surface area is 222 Å². The monoisotopic (exact) mass is 505 g/mol. The van der Waals surface area contributed by atoms with Gasteiger partial charge in [0.1, 0.15) is 0 Å². The summed E-state index contributed by atoms with van der Waals surface area (Å²) in [6, 6.07) is 41.1. The predicted molar refractivity (Wildman–Crippen MR) is 162 cm³/mol. The molecule has 0 saturated heterocycles. The summed E-state index contributed by atoms with van der Waals surface area (Å²) in [5.41, 5.74) is 9.20. The maximum absolute atomic E-state index is 6.48. The van der Waals surface area contributed by atoms with E-state index in [-0.39, 0.29) is 0 Å². The molecule has 0 unspecified atom stereocenters. The molecule has 0 saturated carbocycles. The van der Waals surface area contributed by atoms with Crippen molar-refractivity contribution in [3.63, 3.8) is 0 Å². The Morgan fingerprint density at radius 1 is 0.500 bits per heavy atom. The third-order valence-corrected chi connectivity index (χ3v) is 8.39. The van der Waals surface area contributed by atoms with E-state index in [2.05, 4.69) is 105 Å². The normalized spacial score (nSPS) is 12.3. The molecule has 9 rings (SSSR count). The van der Waals surface area contributed by atoms with Gasteiger partial charge in [-0.25, -0.2) is 0 Å². The maximum atomic E-state index is 6.48. The van der Waals surface area contributed by atoms with Gasteiger partial charge in [0.15, 0.2) is 0 Å². The van der Waals surface area contributed by atoms with E-state index in [4.69, 9.17) is 11.6 Å². The second-order valence-electron chi connectivity index (χ2n) is 10.0. The fraction of sp³-hybridized carbons (Fsp3) is 0. The van der Waals surface area contributed by atoms with Gasteiger partial charge in [0.2, 0.25) is 0 Å². The largest absolute Gasteiger partial charge is 0.354 e. The van der Waals surface area contributed by atoms with Crippen molar-refractivity contribution < 1.29 is 0 Å². The van der Waals surface area contributed by atoms with Crippen molar-refractivity contribution in [1.29, 1.82) is 0 Å². The number of benzene rings is 6. The van der Waals surface area contributed by atoms with Crippen molar-refractivity contribution in [3.8, 4) is 0 Å². The minimum Gasteiger partial charge on any atom is -0.354 e. The van der Waals surface area contributed by atoms with Gasteiger partial charge in [0.05, 0.1) is 43.8 Å². The van der Waals surface area contributed by atoms with Gasteiger partial charge in [0, 0.05) is 32.6 Å². The van der Waals surface area contributed by atoms with E-state index in [1.165, 1.54) is 65.4 Å². The lowest BCUT2D eigenvalue weighted by molar-refractivity contribution is 1.31. The number of halogens is 1. The Balaban J connectivity index is 1.54. The van der Waals surface area contributed by atoms with Gasteiger partial charge in [0.25, 0.3) is 0 Å². The SMILES string of the molecule is Clc1ccccc1Nc1ccc2c3ccc4ccc5c6ccccc6n6c7ccccc7n(c2c1)c3c4c56. The number of anilines is 2. The molecule has 0 atom stereocenters. The van der Waals surface area contributed by atoms with Gasteiger partial charge in [-0.05, 0) is 47.9 Å². The first kappa shape index (κ1) is 20.3. The molecule has 0 aliphatic rings. The Kier molecular flexibility index (Phi) is 3.85. The first-order valence-electron chi connectivity index (χ1n) is 12.8. The molecule has 178 valence electrons. The molecule has 4 heteroatoms. The molecule has 0 aliphatic carbocycles. The van der Waals surface area contributed by atoms with Crippen LogP contribution in [0.4, 0.5) is 11.4 Å². The number of nitrogens with one attached hydrogen (secondary N) is 1. The highest BCUT2D eigenvalue weighted by Crippen LogP contribution is 2.43. The van der Waals surface area contributed by atoms with E-state index in [0.29, 0.717) is 5.02 Å². The van der Waals surface area contributed by atoms with Crippen molar-refractivity contribution in [2.45, 2.75) is 0 Å². The Bertz CT molecular complexity index is 2390. The van der Waals surface area contributed by atoms with Gasteiger partial charge >= 0.3 is 0 Å². The second-order valence-corrected chi connectivity index (χ2v) is 10.4. The van der Waals surface area contributed by atoms with Crippen LogP contribution in [0.25, 0.3) is 65.4 Å².